The van der Waals surface area contributed by atoms with Gasteiger partial charge in [-0.15, -0.1) is 0 Å². The van der Waals surface area contributed by atoms with Crippen LogP contribution in [-0.4, -0.2) is 19.5 Å². The van der Waals surface area contributed by atoms with Crippen molar-refractivity contribution in [3.8, 4) is 0 Å². The molecule has 0 saturated heterocycles. The van der Waals surface area contributed by atoms with Crippen LogP contribution in [0.1, 0.15) is 20.8 Å². The van der Waals surface area contributed by atoms with Gasteiger partial charge in [-0.25, -0.2) is 0 Å². The molecule has 0 saturated carbocycles. The molecular formula is C10H20O2. The van der Waals surface area contributed by atoms with Gasteiger partial charge in [-0.1, -0.05) is 25.3 Å². The van der Waals surface area contributed by atoms with Crippen LogP contribution in [-0.2, 0) is 9.47 Å². The second kappa shape index (κ2) is 13.0. The quantitative estimate of drug-likeness (QED) is 0.469. The van der Waals surface area contributed by atoms with Crippen LogP contribution in [0, 0.1) is 0 Å². The molecule has 0 unspecified atom stereocenters. The maximum Gasteiger partial charge on any atom is 0.154 e. The van der Waals surface area contributed by atoms with Gasteiger partial charge in [0, 0.05) is 13.2 Å². The Labute approximate surface area is 75.9 Å². The van der Waals surface area contributed by atoms with Crippen molar-refractivity contribution < 1.29 is 9.47 Å². The maximum atomic E-state index is 5.06. The third-order valence-electron chi connectivity index (χ3n) is 0.969. The molecule has 0 rings (SSSR count). The number of hydrogen-bond donors (Lipinski definition) is 0. The molecule has 0 spiro atoms. The topological polar surface area (TPSA) is 18.5 Å². The summed E-state index contributed by atoms with van der Waals surface area (Å²) in [4.78, 5) is 0. The molecular weight excluding hydrogens is 152 g/mol. The Bertz CT molecular complexity index is 88.0. The summed E-state index contributed by atoms with van der Waals surface area (Å²) in [5.74, 6) is 0. The minimum Gasteiger partial charge on any atom is -0.353 e. The fourth-order valence-electron chi connectivity index (χ4n) is 0.518. The van der Waals surface area contributed by atoms with Crippen molar-refractivity contribution in [2.75, 3.05) is 13.2 Å². The molecule has 0 aliphatic rings. The molecule has 0 bridgehead atoms. The van der Waals surface area contributed by atoms with Gasteiger partial charge in [0.2, 0.25) is 0 Å². The van der Waals surface area contributed by atoms with Crippen molar-refractivity contribution in [1.29, 1.82) is 0 Å². The number of hydrogen-bond acceptors (Lipinski definition) is 2. The van der Waals surface area contributed by atoms with E-state index in [1.165, 1.54) is 0 Å². The minimum absolute atomic E-state index is 0.0370. The Morgan fingerprint density at radius 3 is 1.58 bits per heavy atom. The van der Waals surface area contributed by atoms with Gasteiger partial charge in [0.1, 0.15) is 0 Å². The molecule has 0 aromatic rings. The number of allylic oxidation sites excluding steroid dienone is 2. The van der Waals surface area contributed by atoms with Gasteiger partial charge in [0.05, 0.1) is 0 Å². The van der Waals surface area contributed by atoms with Crippen LogP contribution < -0.4 is 0 Å². The summed E-state index contributed by atoms with van der Waals surface area (Å²) >= 11 is 0. The number of rotatable bonds is 5. The van der Waals surface area contributed by atoms with E-state index in [9.17, 15) is 0 Å². The Balaban J connectivity index is 0. The van der Waals surface area contributed by atoms with E-state index in [0.717, 1.165) is 13.2 Å². The Kier molecular flexibility index (Phi) is 15.1. The van der Waals surface area contributed by atoms with E-state index in [1.54, 1.807) is 12.2 Å². The van der Waals surface area contributed by atoms with Gasteiger partial charge in [0.25, 0.3) is 0 Å². The minimum atomic E-state index is -0.0370. The summed E-state index contributed by atoms with van der Waals surface area (Å²) in [6, 6.07) is 0. The zero-order valence-corrected chi connectivity index (χ0v) is 8.38. The summed E-state index contributed by atoms with van der Waals surface area (Å²) in [5, 5.41) is 0. The van der Waals surface area contributed by atoms with Crippen LogP contribution in [0.4, 0.5) is 0 Å². The first-order valence-corrected chi connectivity index (χ1v) is 4.19. The molecule has 72 valence electrons. The Morgan fingerprint density at radius 2 is 1.42 bits per heavy atom. The molecule has 0 aliphatic carbocycles. The zero-order valence-electron chi connectivity index (χ0n) is 8.38. The lowest BCUT2D eigenvalue weighted by atomic mass is 10.6. The van der Waals surface area contributed by atoms with Crippen molar-refractivity contribution in [2.24, 2.45) is 0 Å². The molecule has 0 aliphatic heterocycles. The molecule has 0 aromatic heterocycles. The highest BCUT2D eigenvalue weighted by molar-refractivity contribution is 4.88. The van der Waals surface area contributed by atoms with Crippen LogP contribution in [0.5, 0.6) is 0 Å². The lowest BCUT2D eigenvalue weighted by molar-refractivity contribution is -0.123. The van der Waals surface area contributed by atoms with E-state index < -0.39 is 0 Å². The van der Waals surface area contributed by atoms with Gasteiger partial charge in [-0.05, 0) is 20.8 Å². The summed E-state index contributed by atoms with van der Waals surface area (Å²) in [6.45, 7) is 14.0. The van der Waals surface area contributed by atoms with Crippen molar-refractivity contribution >= 4 is 0 Å². The van der Waals surface area contributed by atoms with E-state index >= 15 is 0 Å². The molecule has 0 amide bonds. The van der Waals surface area contributed by atoms with Crippen molar-refractivity contribution in [3.63, 3.8) is 0 Å². The summed E-state index contributed by atoms with van der Waals surface area (Å²) < 4.78 is 10.1. The van der Waals surface area contributed by atoms with Crippen LogP contribution >= 0.6 is 0 Å². The molecule has 12 heavy (non-hydrogen) atoms. The second-order valence-corrected chi connectivity index (χ2v) is 1.95. The first-order chi connectivity index (χ1) is 5.72. The highest BCUT2D eigenvalue weighted by atomic mass is 16.7. The predicted molar refractivity (Wildman–Crippen MR) is 53.1 cm³/mol. The Morgan fingerprint density at radius 1 is 1.08 bits per heavy atom. The van der Waals surface area contributed by atoms with Crippen LogP contribution in [0.15, 0.2) is 25.3 Å². The van der Waals surface area contributed by atoms with Gasteiger partial charge in [0.15, 0.2) is 6.29 Å². The molecule has 0 radical (unpaired) electrons. The van der Waals surface area contributed by atoms with Crippen molar-refractivity contribution in [2.45, 2.75) is 27.1 Å². The zero-order chi connectivity index (χ0) is 9.82. The lowest BCUT2D eigenvalue weighted by Gasteiger charge is -2.09. The summed E-state index contributed by atoms with van der Waals surface area (Å²) in [6.07, 6.45) is 3.24. The largest absolute Gasteiger partial charge is 0.353 e. The van der Waals surface area contributed by atoms with Crippen molar-refractivity contribution in [3.05, 3.63) is 25.3 Å². The van der Waals surface area contributed by atoms with Crippen LogP contribution in [0.2, 0.25) is 0 Å². The van der Waals surface area contributed by atoms with E-state index in [0.29, 0.717) is 0 Å². The maximum absolute atomic E-state index is 5.06. The molecule has 0 fully saturated rings. The molecule has 0 aromatic carbocycles. The smallest absolute Gasteiger partial charge is 0.154 e. The van der Waals surface area contributed by atoms with Crippen molar-refractivity contribution in [1.82, 2.24) is 0 Å². The third kappa shape index (κ3) is 16.2. The first kappa shape index (κ1) is 14.0. The average Bonchev–Trinajstić information content (AvgIpc) is 2.06. The van der Waals surface area contributed by atoms with E-state index in [4.69, 9.17) is 9.47 Å². The highest BCUT2D eigenvalue weighted by Crippen LogP contribution is 1.90. The molecule has 2 nitrogen and oxygen atoms in total. The average molecular weight is 172 g/mol. The SMILES string of the molecule is C=CC=C.CCOC(C)OCC. The standard InChI is InChI=1S/C6H14O2.C4H6/c1-4-7-6(3)8-5-2;1-3-4-2/h6H,4-5H2,1-3H3;3-4H,1-2H2. The fraction of sp³-hybridized carbons (Fsp3) is 0.600. The first-order valence-electron chi connectivity index (χ1n) is 4.19. The van der Waals surface area contributed by atoms with E-state index in [1.807, 2.05) is 20.8 Å². The van der Waals surface area contributed by atoms with Gasteiger partial charge >= 0.3 is 0 Å². The molecule has 0 N–H and O–H groups in total. The number of ether oxygens (including phenoxy) is 2. The summed E-state index contributed by atoms with van der Waals surface area (Å²) in [5.41, 5.74) is 0. The molecule has 2 heteroatoms. The Hall–Kier alpha value is -0.600. The summed E-state index contributed by atoms with van der Waals surface area (Å²) in [7, 11) is 0. The van der Waals surface area contributed by atoms with E-state index in [-0.39, 0.29) is 6.29 Å². The molecule has 0 heterocycles. The van der Waals surface area contributed by atoms with Gasteiger partial charge < -0.3 is 9.47 Å². The monoisotopic (exact) mass is 172 g/mol. The van der Waals surface area contributed by atoms with Crippen LogP contribution in [0.3, 0.4) is 0 Å². The normalized spacial score (nSPS) is 8.67. The fourth-order valence-corrected chi connectivity index (χ4v) is 0.518. The van der Waals surface area contributed by atoms with Crippen LogP contribution in [0.25, 0.3) is 0 Å². The van der Waals surface area contributed by atoms with E-state index in [2.05, 4.69) is 13.2 Å². The second-order valence-electron chi connectivity index (χ2n) is 1.95. The molecule has 0 atom stereocenters. The van der Waals surface area contributed by atoms with Gasteiger partial charge in [-0.2, -0.15) is 0 Å². The lowest BCUT2D eigenvalue weighted by Crippen LogP contribution is -2.11. The third-order valence-corrected chi connectivity index (χ3v) is 0.969. The highest BCUT2D eigenvalue weighted by Gasteiger charge is 1.94. The predicted octanol–water partition coefficient (Wildman–Crippen LogP) is 2.76. The van der Waals surface area contributed by atoms with Gasteiger partial charge in [-0.3, -0.25) is 0 Å².